The molecule has 0 aromatic rings. The van der Waals surface area contributed by atoms with Crippen LogP contribution in [-0.4, -0.2) is 34.2 Å². The first-order valence-corrected chi connectivity index (χ1v) is 27.3. The van der Waals surface area contributed by atoms with Crippen molar-refractivity contribution in [3.8, 4) is 0 Å². The maximum Gasteiger partial charge on any atom is -0.412 e. The topological polar surface area (TPSA) is 31.5 Å². The third kappa shape index (κ3) is 39.0. The molecule has 2 N–H and O–H groups in total. The van der Waals surface area contributed by atoms with Crippen molar-refractivity contribution in [1.29, 1.82) is 0 Å². The van der Waals surface area contributed by atoms with Crippen LogP contribution in [0.3, 0.4) is 0 Å². The predicted molar refractivity (Wildman–Crippen MR) is 189 cm³/mol. The van der Waals surface area contributed by atoms with Crippen LogP contribution in [0, 0.1) is 0 Å². The van der Waals surface area contributed by atoms with Crippen LogP contribution in [0.5, 0.6) is 0 Å². The number of hydrogen-bond acceptors (Lipinski definition) is 0. The molecule has 238 valence electrons. The third-order valence-corrected chi connectivity index (χ3v) is 21.7. The molecule has 0 amide bonds. The van der Waals surface area contributed by atoms with Gasteiger partial charge in [0.05, 0.1) is 0 Å². The molecule has 39 heavy (non-hydrogen) atoms. The Morgan fingerprint density at radius 1 is 0.231 bits per heavy atom. The molecule has 0 aliphatic carbocycles. The zero-order valence-corrected chi connectivity index (χ0v) is 32.9. The zero-order valence-electron chi connectivity index (χ0n) is 28.7. The molecule has 0 fully saturated rings. The molecule has 0 saturated carbocycles. The minimum Gasteiger partial charge on any atom is -0.412 e. The van der Waals surface area contributed by atoms with Crippen molar-refractivity contribution in [3.05, 3.63) is 0 Å². The van der Waals surface area contributed by atoms with Crippen LogP contribution < -0.4 is 0 Å². The van der Waals surface area contributed by atoms with E-state index in [0.717, 1.165) is 0 Å². The standard InChI is InChI=1S/2C18H39Ge.H2O/c2*1-4-7-10-13-16-19(17-14-11-8-5-2)18-15-12-9-6-3;/h2*4-18H2,1-3H3;1H2. The Labute approximate surface area is 260 Å². The minimum atomic E-state index is -0.643. The van der Waals surface area contributed by atoms with Gasteiger partial charge in [0.1, 0.15) is 0 Å². The van der Waals surface area contributed by atoms with Gasteiger partial charge in [0, 0.05) is 0 Å². The average Bonchev–Trinajstić information content (AvgIpc) is 2.93. The summed E-state index contributed by atoms with van der Waals surface area (Å²) in [5.41, 5.74) is 0. The van der Waals surface area contributed by atoms with Gasteiger partial charge in [-0.2, -0.15) is 0 Å². The van der Waals surface area contributed by atoms with E-state index in [9.17, 15) is 0 Å². The second-order valence-corrected chi connectivity index (χ2v) is 25.0. The summed E-state index contributed by atoms with van der Waals surface area (Å²) in [6.45, 7) is 14.0. The molecule has 0 aliphatic rings. The summed E-state index contributed by atoms with van der Waals surface area (Å²) in [6, 6.07) is 0. The molecule has 0 unspecified atom stereocenters. The molecule has 2 radical (unpaired) electrons. The van der Waals surface area contributed by atoms with Gasteiger partial charge in [0.25, 0.3) is 0 Å². The first-order chi connectivity index (χ1) is 18.7. The molecule has 0 aliphatic heterocycles. The molecule has 1 nitrogen and oxygen atoms in total. The van der Waals surface area contributed by atoms with E-state index in [-0.39, 0.29) is 5.48 Å². The van der Waals surface area contributed by atoms with E-state index in [2.05, 4.69) is 41.5 Å². The van der Waals surface area contributed by atoms with Gasteiger partial charge in [-0.25, -0.2) is 0 Å². The molecule has 0 rings (SSSR count). The molecule has 0 aromatic carbocycles. The summed E-state index contributed by atoms with van der Waals surface area (Å²) >= 11 is -1.29. The fourth-order valence-electron chi connectivity index (χ4n) is 5.56. The molecular formula is C36H80Ge2O. The van der Waals surface area contributed by atoms with Crippen molar-refractivity contribution < 1.29 is 5.48 Å². The Balaban J connectivity index is -0.000000648. The van der Waals surface area contributed by atoms with E-state index in [1.54, 1.807) is 70.0 Å². The van der Waals surface area contributed by atoms with Crippen molar-refractivity contribution in [2.75, 3.05) is 0 Å². The van der Waals surface area contributed by atoms with Crippen molar-refractivity contribution in [1.82, 2.24) is 0 Å². The molecule has 0 saturated heterocycles. The summed E-state index contributed by atoms with van der Waals surface area (Å²) in [6.07, 6.45) is 35.6. The van der Waals surface area contributed by atoms with Crippen LogP contribution >= 0.6 is 0 Å². The summed E-state index contributed by atoms with van der Waals surface area (Å²) in [5.74, 6) is 0. The van der Waals surface area contributed by atoms with E-state index < -0.39 is 28.7 Å². The van der Waals surface area contributed by atoms with E-state index in [0.29, 0.717) is 0 Å². The SMILES string of the molecule is CCCCC[CH2][Ge]([CH2]CCCCC)[CH2]CCCCC.CCCCC[CH2][Ge]([CH2]CCCCC)[CH2]CCCCC.O. The molecule has 0 aromatic heterocycles. The van der Waals surface area contributed by atoms with E-state index >= 15 is 0 Å². The summed E-state index contributed by atoms with van der Waals surface area (Å²) in [5, 5.41) is 10.1. The maximum atomic E-state index is 2.33. The van der Waals surface area contributed by atoms with Crippen molar-refractivity contribution in [2.45, 2.75) is 227 Å². The van der Waals surface area contributed by atoms with E-state index in [1.807, 2.05) is 0 Å². The van der Waals surface area contributed by atoms with E-state index in [4.69, 9.17) is 0 Å². The van der Waals surface area contributed by atoms with Gasteiger partial charge in [-0.05, 0) is 0 Å². The fourth-order valence-corrected chi connectivity index (χ4v) is 18.1. The van der Waals surface area contributed by atoms with Crippen LogP contribution in [0.25, 0.3) is 0 Å². The summed E-state index contributed by atoms with van der Waals surface area (Å²) < 4.78 is 0. The Morgan fingerprint density at radius 2 is 0.385 bits per heavy atom. The summed E-state index contributed by atoms with van der Waals surface area (Å²) in [4.78, 5) is 0. The van der Waals surface area contributed by atoms with Crippen LogP contribution in [0.2, 0.25) is 31.5 Å². The Bertz CT molecular complexity index is 297. The smallest absolute Gasteiger partial charge is 0.412 e. The number of rotatable bonds is 30. The minimum absolute atomic E-state index is 0. The van der Waals surface area contributed by atoms with Gasteiger partial charge in [0.15, 0.2) is 0 Å². The largest absolute Gasteiger partial charge is 0.412 e. The van der Waals surface area contributed by atoms with Gasteiger partial charge in [-0.15, -0.1) is 0 Å². The second kappa shape index (κ2) is 41.2. The van der Waals surface area contributed by atoms with Crippen molar-refractivity contribution in [2.24, 2.45) is 0 Å². The molecule has 0 spiro atoms. The van der Waals surface area contributed by atoms with Gasteiger partial charge < -0.3 is 5.48 Å². The van der Waals surface area contributed by atoms with Crippen LogP contribution in [0.4, 0.5) is 0 Å². The van der Waals surface area contributed by atoms with E-state index in [1.165, 1.54) is 116 Å². The van der Waals surface area contributed by atoms with Crippen LogP contribution in [0.15, 0.2) is 0 Å². The average molecular weight is 674 g/mol. The monoisotopic (exact) mass is 676 g/mol. The third-order valence-electron chi connectivity index (χ3n) is 8.30. The van der Waals surface area contributed by atoms with Crippen molar-refractivity contribution >= 4 is 28.7 Å². The number of unbranched alkanes of at least 4 members (excludes halogenated alkanes) is 18. The first kappa shape index (κ1) is 44.5. The first-order valence-electron chi connectivity index (χ1n) is 18.4. The van der Waals surface area contributed by atoms with Gasteiger partial charge >= 0.3 is 256 Å². The van der Waals surface area contributed by atoms with Gasteiger partial charge in [-0.1, -0.05) is 0 Å². The Morgan fingerprint density at radius 3 is 0.513 bits per heavy atom. The van der Waals surface area contributed by atoms with Crippen LogP contribution in [0.1, 0.15) is 196 Å². The summed E-state index contributed by atoms with van der Waals surface area (Å²) in [7, 11) is 0. The Hall–Kier alpha value is 1.05. The Kier molecular flexibility index (Phi) is 47.0. The van der Waals surface area contributed by atoms with Crippen LogP contribution in [-0.2, 0) is 0 Å². The fraction of sp³-hybridized carbons (Fsp3) is 1.00. The van der Waals surface area contributed by atoms with Gasteiger partial charge in [0.2, 0.25) is 0 Å². The zero-order chi connectivity index (χ0) is 28.4. The molecule has 3 heteroatoms. The normalized spacial score (nSPS) is 11.1. The van der Waals surface area contributed by atoms with Gasteiger partial charge in [-0.3, -0.25) is 0 Å². The quantitative estimate of drug-likeness (QED) is 0.0537. The van der Waals surface area contributed by atoms with Crippen molar-refractivity contribution in [3.63, 3.8) is 0 Å². The molecule has 0 bridgehead atoms. The maximum absolute atomic E-state index is 2.33. The molecule has 0 atom stereocenters. The number of hydrogen-bond donors (Lipinski definition) is 0. The molecule has 0 heterocycles. The second-order valence-electron chi connectivity index (χ2n) is 12.4. The predicted octanol–water partition coefficient (Wildman–Crippen LogP) is 13.6. The molecular weight excluding hydrogens is 594 g/mol.